The van der Waals surface area contributed by atoms with Gasteiger partial charge in [0.25, 0.3) is 0 Å². The van der Waals surface area contributed by atoms with E-state index in [2.05, 4.69) is 20.9 Å². The molecule has 3 heteroatoms. The van der Waals surface area contributed by atoms with Gasteiger partial charge >= 0.3 is 0 Å². The number of benzene rings is 1. The molecule has 0 aliphatic carbocycles. The topological polar surface area (TPSA) is 33.1 Å². The van der Waals surface area contributed by atoms with Crippen molar-refractivity contribution in [1.82, 2.24) is 4.98 Å². The van der Waals surface area contributed by atoms with Crippen molar-refractivity contribution in [2.45, 2.75) is 6.10 Å². The Kier molecular flexibility index (Phi) is 3.14. The zero-order chi connectivity index (χ0) is 10.7. The highest BCUT2D eigenvalue weighted by atomic mass is 79.9. The van der Waals surface area contributed by atoms with Crippen LogP contribution >= 0.6 is 15.9 Å². The van der Waals surface area contributed by atoms with E-state index in [-0.39, 0.29) is 0 Å². The molecule has 76 valence electrons. The third-order valence-corrected chi connectivity index (χ3v) is 2.68. The first-order valence-corrected chi connectivity index (χ1v) is 5.40. The van der Waals surface area contributed by atoms with Gasteiger partial charge in [-0.05, 0) is 35.4 Å². The van der Waals surface area contributed by atoms with Gasteiger partial charge in [0, 0.05) is 16.9 Å². The quantitative estimate of drug-likeness (QED) is 0.904. The molecule has 0 saturated heterocycles. The Morgan fingerprint density at radius 1 is 1.07 bits per heavy atom. The third-order valence-electron chi connectivity index (χ3n) is 2.19. The van der Waals surface area contributed by atoms with Crippen LogP contribution < -0.4 is 0 Å². The van der Waals surface area contributed by atoms with Crippen LogP contribution in [0.1, 0.15) is 17.2 Å². The van der Waals surface area contributed by atoms with Gasteiger partial charge in [-0.2, -0.15) is 0 Å². The summed E-state index contributed by atoms with van der Waals surface area (Å²) in [5.74, 6) is 0. The third kappa shape index (κ3) is 2.43. The lowest BCUT2D eigenvalue weighted by Crippen LogP contribution is -1.99. The Hall–Kier alpha value is -1.19. The maximum Gasteiger partial charge on any atom is 0.104 e. The molecule has 0 fully saturated rings. The van der Waals surface area contributed by atoms with Gasteiger partial charge in [-0.15, -0.1) is 0 Å². The molecule has 2 nitrogen and oxygen atoms in total. The standard InChI is InChI=1S/C12H10BrNO/c13-11-3-1-2-10(8-11)12(15)9-4-6-14-7-5-9/h1-8,12,15H/t12-/m0/s1. The molecule has 0 bridgehead atoms. The highest BCUT2D eigenvalue weighted by molar-refractivity contribution is 9.10. The second kappa shape index (κ2) is 4.55. The molecular formula is C12H10BrNO. The molecule has 2 rings (SSSR count). The zero-order valence-corrected chi connectivity index (χ0v) is 9.55. The predicted molar refractivity (Wildman–Crippen MR) is 62.4 cm³/mol. The van der Waals surface area contributed by atoms with E-state index in [9.17, 15) is 5.11 Å². The van der Waals surface area contributed by atoms with Crippen LogP contribution in [0.5, 0.6) is 0 Å². The number of hydrogen-bond acceptors (Lipinski definition) is 2. The van der Waals surface area contributed by atoms with Crippen LogP contribution in [0.25, 0.3) is 0 Å². The summed E-state index contributed by atoms with van der Waals surface area (Å²) < 4.78 is 0.966. The molecule has 0 aliphatic heterocycles. The van der Waals surface area contributed by atoms with E-state index in [0.29, 0.717) is 0 Å². The van der Waals surface area contributed by atoms with E-state index in [0.717, 1.165) is 15.6 Å². The van der Waals surface area contributed by atoms with Crippen molar-refractivity contribution < 1.29 is 5.11 Å². The summed E-state index contributed by atoms with van der Waals surface area (Å²) in [6.07, 6.45) is 2.76. The molecule has 1 N–H and O–H groups in total. The molecule has 0 unspecified atom stereocenters. The second-order valence-electron chi connectivity index (χ2n) is 3.24. The average Bonchev–Trinajstić information content (AvgIpc) is 2.29. The van der Waals surface area contributed by atoms with Crippen molar-refractivity contribution in [2.24, 2.45) is 0 Å². The van der Waals surface area contributed by atoms with E-state index in [1.807, 2.05) is 36.4 Å². The SMILES string of the molecule is O[C@@H](c1ccncc1)c1cccc(Br)c1. The molecule has 1 atom stereocenters. The second-order valence-corrected chi connectivity index (χ2v) is 4.15. The summed E-state index contributed by atoms with van der Waals surface area (Å²) in [4.78, 5) is 3.92. The lowest BCUT2D eigenvalue weighted by Gasteiger charge is -2.11. The lowest BCUT2D eigenvalue weighted by molar-refractivity contribution is 0.220. The maximum absolute atomic E-state index is 10.1. The van der Waals surface area contributed by atoms with Gasteiger partial charge in [0.15, 0.2) is 0 Å². The van der Waals surface area contributed by atoms with E-state index < -0.39 is 6.10 Å². The molecule has 1 heterocycles. The Labute approximate surface area is 96.7 Å². The first kappa shape index (κ1) is 10.3. The fourth-order valence-corrected chi connectivity index (χ4v) is 1.83. The maximum atomic E-state index is 10.1. The summed E-state index contributed by atoms with van der Waals surface area (Å²) in [7, 11) is 0. The van der Waals surface area contributed by atoms with Crippen molar-refractivity contribution >= 4 is 15.9 Å². The highest BCUT2D eigenvalue weighted by Gasteiger charge is 2.09. The van der Waals surface area contributed by atoms with Crippen LogP contribution in [-0.2, 0) is 0 Å². The summed E-state index contributed by atoms with van der Waals surface area (Å²) in [5, 5.41) is 10.1. The number of aromatic nitrogens is 1. The number of aliphatic hydroxyl groups is 1. The van der Waals surface area contributed by atoms with E-state index in [1.165, 1.54) is 0 Å². The van der Waals surface area contributed by atoms with Crippen LogP contribution in [0.3, 0.4) is 0 Å². The molecule has 0 amide bonds. The van der Waals surface area contributed by atoms with E-state index in [1.54, 1.807) is 12.4 Å². The van der Waals surface area contributed by atoms with Crippen LogP contribution in [0.4, 0.5) is 0 Å². The van der Waals surface area contributed by atoms with Gasteiger partial charge in [-0.3, -0.25) is 4.98 Å². The smallest absolute Gasteiger partial charge is 0.104 e. The summed E-state index contributed by atoms with van der Waals surface area (Å²) >= 11 is 3.38. The minimum absolute atomic E-state index is 0.592. The largest absolute Gasteiger partial charge is 0.384 e. The van der Waals surface area contributed by atoms with Gasteiger partial charge < -0.3 is 5.11 Å². The minimum Gasteiger partial charge on any atom is -0.384 e. The van der Waals surface area contributed by atoms with E-state index >= 15 is 0 Å². The number of aliphatic hydroxyl groups excluding tert-OH is 1. The van der Waals surface area contributed by atoms with Gasteiger partial charge in [-0.25, -0.2) is 0 Å². The fourth-order valence-electron chi connectivity index (χ4n) is 1.41. The molecule has 0 aliphatic rings. The molecule has 0 radical (unpaired) electrons. The van der Waals surface area contributed by atoms with Crippen molar-refractivity contribution in [2.75, 3.05) is 0 Å². The first-order valence-electron chi connectivity index (χ1n) is 4.61. The minimum atomic E-state index is -0.592. The van der Waals surface area contributed by atoms with Crippen LogP contribution in [0.15, 0.2) is 53.3 Å². The van der Waals surface area contributed by atoms with Crippen molar-refractivity contribution in [3.05, 3.63) is 64.4 Å². The monoisotopic (exact) mass is 263 g/mol. The number of nitrogens with zero attached hydrogens (tertiary/aromatic N) is 1. The van der Waals surface area contributed by atoms with Crippen LogP contribution in [0.2, 0.25) is 0 Å². The predicted octanol–water partition coefficient (Wildman–Crippen LogP) is 2.93. The molecule has 0 saturated carbocycles. The average molecular weight is 264 g/mol. The van der Waals surface area contributed by atoms with Gasteiger partial charge in [0.2, 0.25) is 0 Å². The van der Waals surface area contributed by atoms with Gasteiger partial charge in [0.1, 0.15) is 6.10 Å². The van der Waals surface area contributed by atoms with Crippen molar-refractivity contribution in [1.29, 1.82) is 0 Å². The van der Waals surface area contributed by atoms with Crippen molar-refractivity contribution in [3.8, 4) is 0 Å². The number of pyridine rings is 1. The molecule has 1 aromatic heterocycles. The summed E-state index contributed by atoms with van der Waals surface area (Å²) in [6, 6.07) is 11.3. The Morgan fingerprint density at radius 2 is 1.80 bits per heavy atom. The molecular weight excluding hydrogens is 254 g/mol. The van der Waals surface area contributed by atoms with Crippen LogP contribution in [-0.4, -0.2) is 10.1 Å². The summed E-state index contributed by atoms with van der Waals surface area (Å²) in [5.41, 5.74) is 1.72. The number of halogens is 1. The summed E-state index contributed by atoms with van der Waals surface area (Å²) in [6.45, 7) is 0. The van der Waals surface area contributed by atoms with E-state index in [4.69, 9.17) is 0 Å². The molecule has 0 spiro atoms. The van der Waals surface area contributed by atoms with Gasteiger partial charge in [-0.1, -0.05) is 28.1 Å². The van der Waals surface area contributed by atoms with Crippen LogP contribution in [0, 0.1) is 0 Å². The number of hydrogen-bond donors (Lipinski definition) is 1. The Morgan fingerprint density at radius 3 is 2.47 bits per heavy atom. The highest BCUT2D eigenvalue weighted by Crippen LogP contribution is 2.23. The zero-order valence-electron chi connectivity index (χ0n) is 7.97. The number of rotatable bonds is 2. The molecule has 15 heavy (non-hydrogen) atoms. The fraction of sp³-hybridized carbons (Fsp3) is 0.0833. The normalized spacial score (nSPS) is 12.4. The Balaban J connectivity index is 2.32. The molecule has 2 aromatic rings. The van der Waals surface area contributed by atoms with Crippen molar-refractivity contribution in [3.63, 3.8) is 0 Å². The van der Waals surface area contributed by atoms with Gasteiger partial charge in [0.05, 0.1) is 0 Å². The lowest BCUT2D eigenvalue weighted by atomic mass is 10.0. The first-order chi connectivity index (χ1) is 7.27. The molecule has 1 aromatic carbocycles. The Bertz CT molecular complexity index is 444.